The van der Waals surface area contributed by atoms with E-state index in [4.69, 9.17) is 9.15 Å². The van der Waals surface area contributed by atoms with Crippen molar-refractivity contribution in [3.05, 3.63) is 77.8 Å². The first-order valence-electron chi connectivity index (χ1n) is 6.77. The van der Waals surface area contributed by atoms with Gasteiger partial charge in [-0.3, -0.25) is 4.79 Å². The average molecular weight is 296 g/mol. The predicted octanol–water partition coefficient (Wildman–Crippen LogP) is 4.48. The number of carbonyl (C=O) groups is 1. The molecular formula is C18H13FO3. The van der Waals surface area contributed by atoms with Crippen molar-refractivity contribution in [1.82, 2.24) is 0 Å². The van der Waals surface area contributed by atoms with Crippen molar-refractivity contribution in [2.75, 3.05) is 0 Å². The van der Waals surface area contributed by atoms with Gasteiger partial charge in [-0.05, 0) is 54.1 Å². The molecule has 0 unspecified atom stereocenters. The van der Waals surface area contributed by atoms with Crippen LogP contribution in [-0.2, 0) is 6.61 Å². The minimum absolute atomic E-state index is 0.278. The molecule has 0 aliphatic heterocycles. The maximum atomic E-state index is 13.1. The van der Waals surface area contributed by atoms with Crippen LogP contribution < -0.4 is 4.74 Å². The van der Waals surface area contributed by atoms with Gasteiger partial charge in [-0.1, -0.05) is 12.1 Å². The van der Waals surface area contributed by atoms with E-state index in [-0.39, 0.29) is 5.82 Å². The van der Waals surface area contributed by atoms with E-state index < -0.39 is 0 Å². The Morgan fingerprint density at radius 1 is 1.05 bits per heavy atom. The molecule has 0 aliphatic rings. The van der Waals surface area contributed by atoms with Crippen LogP contribution in [0.1, 0.15) is 16.1 Å². The third kappa shape index (κ3) is 3.23. The van der Waals surface area contributed by atoms with Gasteiger partial charge in [0.1, 0.15) is 23.9 Å². The fourth-order valence-corrected chi connectivity index (χ4v) is 2.08. The number of rotatable bonds is 5. The lowest BCUT2D eigenvalue weighted by Gasteiger charge is -2.07. The Bertz CT molecular complexity index is 775. The zero-order valence-corrected chi connectivity index (χ0v) is 11.7. The van der Waals surface area contributed by atoms with Crippen LogP contribution in [0.3, 0.4) is 0 Å². The van der Waals surface area contributed by atoms with Crippen LogP contribution in [0, 0.1) is 5.82 Å². The molecule has 0 atom stereocenters. The van der Waals surface area contributed by atoms with Gasteiger partial charge in [-0.25, -0.2) is 4.39 Å². The molecule has 0 amide bonds. The molecule has 3 nitrogen and oxygen atoms in total. The minimum Gasteiger partial charge on any atom is -0.489 e. The van der Waals surface area contributed by atoms with Gasteiger partial charge >= 0.3 is 0 Å². The third-order valence-electron chi connectivity index (χ3n) is 3.18. The topological polar surface area (TPSA) is 39.4 Å². The van der Waals surface area contributed by atoms with E-state index in [1.54, 1.807) is 36.4 Å². The lowest BCUT2D eigenvalue weighted by Crippen LogP contribution is -1.95. The van der Waals surface area contributed by atoms with E-state index >= 15 is 0 Å². The van der Waals surface area contributed by atoms with E-state index in [9.17, 15) is 9.18 Å². The van der Waals surface area contributed by atoms with E-state index in [0.29, 0.717) is 30.2 Å². The van der Waals surface area contributed by atoms with E-state index in [1.807, 2.05) is 12.1 Å². The number of hydrogen-bond donors (Lipinski definition) is 0. The zero-order valence-electron chi connectivity index (χ0n) is 11.7. The molecule has 1 aromatic heterocycles. The molecule has 3 rings (SSSR count). The summed E-state index contributed by atoms with van der Waals surface area (Å²) in [6.45, 7) is 0.299. The van der Waals surface area contributed by atoms with Gasteiger partial charge in [-0.2, -0.15) is 0 Å². The van der Waals surface area contributed by atoms with Crippen molar-refractivity contribution >= 4 is 6.29 Å². The lowest BCUT2D eigenvalue weighted by atomic mass is 10.1. The summed E-state index contributed by atoms with van der Waals surface area (Å²) in [5.74, 6) is 1.32. The number of aldehydes is 1. The van der Waals surface area contributed by atoms with Gasteiger partial charge in [0.25, 0.3) is 0 Å². The predicted molar refractivity (Wildman–Crippen MR) is 80.3 cm³/mol. The molecule has 0 N–H and O–H groups in total. The first-order valence-corrected chi connectivity index (χ1v) is 6.77. The number of benzene rings is 2. The Labute approximate surface area is 127 Å². The van der Waals surface area contributed by atoms with Gasteiger partial charge < -0.3 is 9.15 Å². The standard InChI is InChI=1S/C18H13FO3/c19-15-3-1-2-13(10-15)12-21-16-6-4-14(5-7-16)18-9-8-17(11-20)22-18/h1-11H,12H2. The fourth-order valence-electron chi connectivity index (χ4n) is 2.08. The second-order valence-corrected chi connectivity index (χ2v) is 4.76. The number of carbonyl (C=O) groups excluding carboxylic acids is 1. The van der Waals surface area contributed by atoms with E-state index in [1.165, 1.54) is 12.1 Å². The molecule has 0 spiro atoms. The maximum Gasteiger partial charge on any atom is 0.185 e. The summed E-state index contributed by atoms with van der Waals surface area (Å²) in [6, 6.07) is 17.0. The molecule has 4 heteroatoms. The van der Waals surface area contributed by atoms with Crippen LogP contribution >= 0.6 is 0 Å². The Balaban J connectivity index is 1.67. The zero-order chi connectivity index (χ0) is 15.4. The first kappa shape index (κ1) is 14.1. The molecule has 1 heterocycles. The summed E-state index contributed by atoms with van der Waals surface area (Å²) in [7, 11) is 0. The Morgan fingerprint density at radius 3 is 2.55 bits per heavy atom. The quantitative estimate of drug-likeness (QED) is 0.652. The van der Waals surface area contributed by atoms with Crippen LogP contribution in [0.2, 0.25) is 0 Å². The van der Waals surface area contributed by atoms with Gasteiger partial charge in [0.15, 0.2) is 12.0 Å². The monoisotopic (exact) mass is 296 g/mol. The number of furan rings is 1. The maximum absolute atomic E-state index is 13.1. The van der Waals surface area contributed by atoms with Crippen molar-refractivity contribution in [2.24, 2.45) is 0 Å². The van der Waals surface area contributed by atoms with Gasteiger partial charge in [-0.15, -0.1) is 0 Å². The highest BCUT2D eigenvalue weighted by atomic mass is 19.1. The molecular weight excluding hydrogens is 283 g/mol. The van der Waals surface area contributed by atoms with Crippen molar-refractivity contribution in [2.45, 2.75) is 6.61 Å². The molecule has 2 aromatic carbocycles. The average Bonchev–Trinajstić information content (AvgIpc) is 3.03. The van der Waals surface area contributed by atoms with Crippen LogP contribution in [0.4, 0.5) is 4.39 Å². The Hall–Kier alpha value is -2.88. The first-order chi connectivity index (χ1) is 10.7. The Kier molecular flexibility index (Phi) is 4.01. The normalized spacial score (nSPS) is 10.4. The molecule has 0 aliphatic carbocycles. The fraction of sp³-hybridized carbons (Fsp3) is 0.0556. The van der Waals surface area contributed by atoms with Crippen LogP contribution in [-0.4, -0.2) is 6.29 Å². The van der Waals surface area contributed by atoms with Crippen molar-refractivity contribution in [3.63, 3.8) is 0 Å². The van der Waals surface area contributed by atoms with Crippen LogP contribution in [0.5, 0.6) is 5.75 Å². The van der Waals surface area contributed by atoms with Crippen molar-refractivity contribution < 1.29 is 18.3 Å². The molecule has 0 radical (unpaired) electrons. The van der Waals surface area contributed by atoms with Gasteiger partial charge in [0, 0.05) is 5.56 Å². The molecule has 22 heavy (non-hydrogen) atoms. The number of halogens is 1. The third-order valence-corrected chi connectivity index (χ3v) is 3.18. The summed E-state index contributed by atoms with van der Waals surface area (Å²) < 4.78 is 24.0. The lowest BCUT2D eigenvalue weighted by molar-refractivity contribution is 0.110. The van der Waals surface area contributed by atoms with Gasteiger partial charge in [0.05, 0.1) is 0 Å². The molecule has 110 valence electrons. The van der Waals surface area contributed by atoms with Crippen LogP contribution in [0.15, 0.2) is 65.1 Å². The SMILES string of the molecule is O=Cc1ccc(-c2ccc(OCc3cccc(F)c3)cc2)o1. The van der Waals surface area contributed by atoms with Crippen molar-refractivity contribution in [3.8, 4) is 17.1 Å². The van der Waals surface area contributed by atoms with Gasteiger partial charge in [0.2, 0.25) is 0 Å². The van der Waals surface area contributed by atoms with Crippen LogP contribution in [0.25, 0.3) is 11.3 Å². The van der Waals surface area contributed by atoms with E-state index in [0.717, 1.165) is 11.1 Å². The number of hydrogen-bond acceptors (Lipinski definition) is 3. The summed E-state index contributed by atoms with van der Waals surface area (Å²) in [5.41, 5.74) is 1.62. The largest absolute Gasteiger partial charge is 0.489 e. The molecule has 0 saturated carbocycles. The van der Waals surface area contributed by atoms with E-state index in [2.05, 4.69) is 0 Å². The summed E-state index contributed by atoms with van der Waals surface area (Å²) in [4.78, 5) is 10.6. The minimum atomic E-state index is -0.278. The summed E-state index contributed by atoms with van der Waals surface area (Å²) in [6.07, 6.45) is 0.667. The smallest absolute Gasteiger partial charge is 0.185 e. The highest BCUT2D eigenvalue weighted by Crippen LogP contribution is 2.24. The summed E-state index contributed by atoms with van der Waals surface area (Å²) >= 11 is 0. The molecule has 0 fully saturated rings. The number of ether oxygens (including phenoxy) is 1. The second kappa shape index (κ2) is 6.26. The Morgan fingerprint density at radius 2 is 1.86 bits per heavy atom. The molecule has 0 bridgehead atoms. The highest BCUT2D eigenvalue weighted by molar-refractivity contribution is 5.72. The molecule has 3 aromatic rings. The highest BCUT2D eigenvalue weighted by Gasteiger charge is 2.04. The summed E-state index contributed by atoms with van der Waals surface area (Å²) in [5, 5.41) is 0. The van der Waals surface area contributed by atoms with Crippen molar-refractivity contribution in [1.29, 1.82) is 0 Å². The molecule has 0 saturated heterocycles. The second-order valence-electron chi connectivity index (χ2n) is 4.76.